The molecular formula is C12H19FN2O3S. The Morgan fingerprint density at radius 3 is 2.58 bits per heavy atom. The molecule has 0 aromatic heterocycles. The van der Waals surface area contributed by atoms with Crippen LogP contribution in [-0.2, 0) is 10.0 Å². The molecule has 0 amide bonds. The van der Waals surface area contributed by atoms with Crippen molar-refractivity contribution in [1.82, 2.24) is 4.72 Å². The van der Waals surface area contributed by atoms with Gasteiger partial charge in [0.1, 0.15) is 10.7 Å². The lowest BCUT2D eigenvalue weighted by Crippen LogP contribution is -2.46. The number of sulfonamides is 1. The van der Waals surface area contributed by atoms with Crippen LogP contribution in [0.5, 0.6) is 0 Å². The second-order valence-electron chi connectivity index (χ2n) is 4.65. The molecule has 0 aliphatic heterocycles. The molecule has 5 nitrogen and oxygen atoms in total. The van der Waals surface area contributed by atoms with Gasteiger partial charge >= 0.3 is 0 Å². The van der Waals surface area contributed by atoms with E-state index in [4.69, 9.17) is 10.8 Å². The number of anilines is 1. The number of halogens is 1. The number of hydrogen-bond donors (Lipinski definition) is 3. The van der Waals surface area contributed by atoms with Gasteiger partial charge in [-0.3, -0.25) is 0 Å². The van der Waals surface area contributed by atoms with E-state index in [0.29, 0.717) is 6.42 Å². The molecule has 1 unspecified atom stereocenters. The van der Waals surface area contributed by atoms with Crippen molar-refractivity contribution < 1.29 is 17.9 Å². The van der Waals surface area contributed by atoms with Crippen molar-refractivity contribution in [2.75, 3.05) is 12.3 Å². The summed E-state index contributed by atoms with van der Waals surface area (Å²) in [4.78, 5) is -0.549. The molecule has 0 aliphatic rings. The lowest BCUT2D eigenvalue weighted by molar-refractivity contribution is 0.233. The normalized spacial score (nSPS) is 15.2. The quantitative estimate of drug-likeness (QED) is 0.687. The van der Waals surface area contributed by atoms with Gasteiger partial charge < -0.3 is 10.8 Å². The molecule has 1 rings (SSSR count). The van der Waals surface area contributed by atoms with Crippen LogP contribution in [0.1, 0.15) is 26.7 Å². The van der Waals surface area contributed by atoms with Gasteiger partial charge in [0.15, 0.2) is 0 Å². The van der Waals surface area contributed by atoms with Gasteiger partial charge in [-0.15, -0.1) is 0 Å². The minimum Gasteiger partial charge on any atom is -0.398 e. The third-order valence-electron chi connectivity index (χ3n) is 3.09. The molecule has 0 radical (unpaired) electrons. The van der Waals surface area contributed by atoms with Gasteiger partial charge in [0.05, 0.1) is 5.69 Å². The maximum absolute atomic E-state index is 13.7. The summed E-state index contributed by atoms with van der Waals surface area (Å²) in [6.45, 7) is 3.26. The largest absolute Gasteiger partial charge is 0.398 e. The predicted molar refractivity (Wildman–Crippen MR) is 71.5 cm³/mol. The highest BCUT2D eigenvalue weighted by molar-refractivity contribution is 7.89. The Hall–Kier alpha value is -1.18. The van der Waals surface area contributed by atoms with Crippen molar-refractivity contribution in [2.45, 2.75) is 37.1 Å². The molecule has 7 heteroatoms. The Bertz CT molecular complexity index is 528. The van der Waals surface area contributed by atoms with Crippen LogP contribution < -0.4 is 10.5 Å². The van der Waals surface area contributed by atoms with Crippen molar-refractivity contribution in [1.29, 1.82) is 0 Å². The zero-order chi connectivity index (χ0) is 14.7. The zero-order valence-corrected chi connectivity index (χ0v) is 11.8. The van der Waals surface area contributed by atoms with Crippen molar-refractivity contribution in [2.24, 2.45) is 0 Å². The molecule has 1 atom stereocenters. The Balaban J connectivity index is 3.18. The third-order valence-corrected chi connectivity index (χ3v) is 4.82. The smallest absolute Gasteiger partial charge is 0.246 e. The molecule has 0 spiro atoms. The summed E-state index contributed by atoms with van der Waals surface area (Å²) in [5.74, 6) is -0.894. The van der Waals surface area contributed by atoms with E-state index in [1.165, 1.54) is 12.1 Å². The van der Waals surface area contributed by atoms with Crippen LogP contribution in [0.3, 0.4) is 0 Å². The van der Waals surface area contributed by atoms with Gasteiger partial charge in [0.25, 0.3) is 0 Å². The average Bonchev–Trinajstić information content (AvgIpc) is 2.27. The van der Waals surface area contributed by atoms with E-state index in [9.17, 15) is 12.8 Å². The summed E-state index contributed by atoms with van der Waals surface area (Å²) in [7, 11) is -4.07. The molecule has 19 heavy (non-hydrogen) atoms. The Morgan fingerprint density at radius 2 is 2.11 bits per heavy atom. The van der Waals surface area contributed by atoms with E-state index in [-0.39, 0.29) is 18.7 Å². The highest BCUT2D eigenvalue weighted by atomic mass is 32.2. The second kappa shape index (κ2) is 5.85. The molecule has 0 fully saturated rings. The molecule has 1 aromatic carbocycles. The van der Waals surface area contributed by atoms with Crippen molar-refractivity contribution in [3.63, 3.8) is 0 Å². The van der Waals surface area contributed by atoms with Crippen LogP contribution in [0.2, 0.25) is 0 Å². The van der Waals surface area contributed by atoms with Gasteiger partial charge in [-0.2, -0.15) is 0 Å². The predicted octanol–water partition coefficient (Wildman–Crippen LogP) is 1.24. The lowest BCUT2D eigenvalue weighted by Gasteiger charge is -2.28. The number of hydrogen-bond acceptors (Lipinski definition) is 4. The number of nitrogen functional groups attached to an aromatic ring is 1. The maximum atomic E-state index is 13.7. The average molecular weight is 290 g/mol. The van der Waals surface area contributed by atoms with E-state index >= 15 is 0 Å². The zero-order valence-electron chi connectivity index (χ0n) is 11.0. The number of aliphatic hydroxyl groups is 1. The van der Waals surface area contributed by atoms with Crippen LogP contribution in [-0.4, -0.2) is 25.7 Å². The van der Waals surface area contributed by atoms with Gasteiger partial charge in [-0.05, 0) is 31.9 Å². The summed E-state index contributed by atoms with van der Waals surface area (Å²) < 4.78 is 40.5. The Morgan fingerprint density at radius 1 is 1.47 bits per heavy atom. The maximum Gasteiger partial charge on any atom is 0.246 e. The van der Waals surface area contributed by atoms with E-state index in [1.807, 2.05) is 0 Å². The van der Waals surface area contributed by atoms with Crippen LogP contribution in [0.4, 0.5) is 10.1 Å². The number of benzene rings is 1. The van der Waals surface area contributed by atoms with Gasteiger partial charge in [-0.1, -0.05) is 13.0 Å². The van der Waals surface area contributed by atoms with E-state index in [0.717, 1.165) is 6.07 Å². The molecule has 0 saturated heterocycles. The molecule has 0 heterocycles. The van der Waals surface area contributed by atoms with E-state index in [1.54, 1.807) is 13.8 Å². The fraction of sp³-hybridized carbons (Fsp3) is 0.500. The summed E-state index contributed by atoms with van der Waals surface area (Å²) in [5.41, 5.74) is 4.54. The SMILES string of the molecule is CCC(C)(CCO)NS(=O)(=O)c1c(N)cccc1F. The number of rotatable bonds is 6. The van der Waals surface area contributed by atoms with Gasteiger partial charge in [0.2, 0.25) is 10.0 Å². The fourth-order valence-corrected chi connectivity index (χ4v) is 3.43. The van der Waals surface area contributed by atoms with Crippen LogP contribution in [0.25, 0.3) is 0 Å². The Labute approximate surface area is 112 Å². The van der Waals surface area contributed by atoms with Gasteiger partial charge in [-0.25, -0.2) is 17.5 Å². The van der Waals surface area contributed by atoms with Crippen LogP contribution in [0.15, 0.2) is 23.1 Å². The monoisotopic (exact) mass is 290 g/mol. The number of nitrogens with one attached hydrogen (secondary N) is 1. The van der Waals surface area contributed by atoms with Crippen molar-refractivity contribution >= 4 is 15.7 Å². The molecule has 0 saturated carbocycles. The summed E-state index contributed by atoms with van der Waals surface area (Å²) in [5, 5.41) is 8.98. The highest BCUT2D eigenvalue weighted by Crippen LogP contribution is 2.25. The number of nitrogens with two attached hydrogens (primary N) is 1. The first-order valence-corrected chi connectivity index (χ1v) is 7.43. The summed E-state index contributed by atoms with van der Waals surface area (Å²) in [6, 6.07) is 3.71. The van der Waals surface area contributed by atoms with Crippen molar-refractivity contribution in [3.8, 4) is 0 Å². The standard InChI is InChI=1S/C12H19FN2O3S/c1-3-12(2,7-8-16)15-19(17,18)11-9(13)5-4-6-10(11)14/h4-6,15-16H,3,7-8,14H2,1-2H3. The van der Waals surface area contributed by atoms with Crippen molar-refractivity contribution in [3.05, 3.63) is 24.0 Å². The first-order chi connectivity index (χ1) is 8.75. The second-order valence-corrected chi connectivity index (χ2v) is 6.27. The molecule has 4 N–H and O–H groups in total. The first kappa shape index (κ1) is 15.9. The first-order valence-electron chi connectivity index (χ1n) is 5.94. The highest BCUT2D eigenvalue weighted by Gasteiger charge is 2.31. The fourth-order valence-electron chi connectivity index (χ4n) is 1.73. The lowest BCUT2D eigenvalue weighted by atomic mass is 9.97. The molecule has 108 valence electrons. The summed E-state index contributed by atoms with van der Waals surface area (Å²) >= 11 is 0. The molecule has 0 bridgehead atoms. The topological polar surface area (TPSA) is 92.4 Å². The van der Waals surface area contributed by atoms with Crippen LogP contribution >= 0.6 is 0 Å². The van der Waals surface area contributed by atoms with E-state index < -0.39 is 26.3 Å². The number of aliphatic hydroxyl groups excluding tert-OH is 1. The minimum absolute atomic E-state index is 0.144. The van der Waals surface area contributed by atoms with E-state index in [2.05, 4.69) is 4.72 Å². The third kappa shape index (κ3) is 3.65. The van der Waals surface area contributed by atoms with Crippen LogP contribution in [0, 0.1) is 5.82 Å². The molecule has 1 aromatic rings. The molecular weight excluding hydrogens is 271 g/mol. The Kier molecular flexibility index (Phi) is 4.89. The summed E-state index contributed by atoms with van der Waals surface area (Å²) in [6.07, 6.45) is 0.693. The minimum atomic E-state index is -4.07. The molecule has 0 aliphatic carbocycles. The van der Waals surface area contributed by atoms with Gasteiger partial charge in [0, 0.05) is 12.1 Å².